The van der Waals surface area contributed by atoms with E-state index in [1.165, 1.54) is 25.5 Å². The van der Waals surface area contributed by atoms with E-state index in [4.69, 9.17) is 9.47 Å². The van der Waals surface area contributed by atoms with Gasteiger partial charge in [-0.1, -0.05) is 19.4 Å². The van der Waals surface area contributed by atoms with Gasteiger partial charge in [0.1, 0.15) is 5.60 Å². The van der Waals surface area contributed by atoms with Gasteiger partial charge in [0.05, 0.1) is 12.9 Å². The molecule has 2 atom stereocenters. The first-order chi connectivity index (χ1) is 10.4. The Morgan fingerprint density at radius 3 is 2.73 bits per heavy atom. The molecule has 0 spiro atoms. The molecule has 1 aliphatic rings. The molecule has 5 nitrogen and oxygen atoms in total. The molecule has 0 radical (unpaired) electrons. The number of carbonyl (C=O) groups is 1. The molecular formula is C17H32N2O3. The Kier molecular flexibility index (Phi) is 8.31. The second-order valence-corrected chi connectivity index (χ2v) is 6.88. The zero-order valence-corrected chi connectivity index (χ0v) is 14.3. The average molecular weight is 312 g/mol. The van der Waals surface area contributed by atoms with Gasteiger partial charge in [0.2, 0.25) is 0 Å². The van der Waals surface area contributed by atoms with Crippen molar-refractivity contribution in [3.63, 3.8) is 0 Å². The normalized spacial score (nSPS) is 22.0. The predicted octanol–water partition coefficient (Wildman–Crippen LogP) is 3.21. The molecule has 0 saturated heterocycles. The van der Waals surface area contributed by atoms with Crippen LogP contribution in [0.4, 0.5) is 4.79 Å². The van der Waals surface area contributed by atoms with Crippen molar-refractivity contribution in [2.24, 2.45) is 5.92 Å². The van der Waals surface area contributed by atoms with E-state index in [1.54, 1.807) is 0 Å². The standard InChI is InChI=1S/C17H32N2O3/c1-5-21-12-8-11-18-15-10-7-6-9-14(15)13-19-16(20)22-17(2,3)4/h5,14-15,18H,1,6-13H2,2-4H3,(H,19,20). The largest absolute Gasteiger partial charge is 0.502 e. The second kappa shape index (κ2) is 9.72. The van der Waals surface area contributed by atoms with Crippen LogP contribution < -0.4 is 10.6 Å². The third-order valence-corrected chi connectivity index (χ3v) is 3.78. The van der Waals surface area contributed by atoms with Crippen molar-refractivity contribution < 1.29 is 14.3 Å². The number of ether oxygens (including phenoxy) is 2. The van der Waals surface area contributed by atoms with Gasteiger partial charge in [0.25, 0.3) is 0 Å². The van der Waals surface area contributed by atoms with Crippen molar-refractivity contribution in [3.05, 3.63) is 12.8 Å². The highest BCUT2D eigenvalue weighted by atomic mass is 16.6. The Balaban J connectivity index is 2.29. The van der Waals surface area contributed by atoms with Crippen LogP contribution in [0.2, 0.25) is 0 Å². The van der Waals surface area contributed by atoms with Gasteiger partial charge in [0, 0.05) is 12.6 Å². The summed E-state index contributed by atoms with van der Waals surface area (Å²) in [5.41, 5.74) is -0.445. The zero-order chi connectivity index (χ0) is 16.4. The molecule has 2 N–H and O–H groups in total. The van der Waals surface area contributed by atoms with Gasteiger partial charge in [-0.3, -0.25) is 0 Å². The number of amides is 1. The van der Waals surface area contributed by atoms with Crippen LogP contribution in [0, 0.1) is 5.92 Å². The highest BCUT2D eigenvalue weighted by Crippen LogP contribution is 2.24. The molecule has 0 aromatic rings. The Hall–Kier alpha value is -1.23. The summed E-state index contributed by atoms with van der Waals surface area (Å²) >= 11 is 0. The quantitative estimate of drug-likeness (QED) is 0.534. The van der Waals surface area contributed by atoms with Crippen molar-refractivity contribution in [2.75, 3.05) is 19.7 Å². The van der Waals surface area contributed by atoms with E-state index in [9.17, 15) is 4.79 Å². The Bertz CT molecular complexity index is 339. The van der Waals surface area contributed by atoms with Gasteiger partial charge >= 0.3 is 6.09 Å². The fourth-order valence-electron chi connectivity index (χ4n) is 2.78. The molecule has 1 aliphatic carbocycles. The first kappa shape index (κ1) is 18.8. The summed E-state index contributed by atoms with van der Waals surface area (Å²) in [7, 11) is 0. The molecule has 1 fully saturated rings. The van der Waals surface area contributed by atoms with Crippen molar-refractivity contribution in [3.8, 4) is 0 Å². The number of hydrogen-bond acceptors (Lipinski definition) is 4. The summed E-state index contributed by atoms with van der Waals surface area (Å²) < 4.78 is 10.4. The molecule has 1 saturated carbocycles. The lowest BCUT2D eigenvalue weighted by molar-refractivity contribution is 0.0510. The average Bonchev–Trinajstić information content (AvgIpc) is 2.44. The van der Waals surface area contributed by atoms with Gasteiger partial charge < -0.3 is 20.1 Å². The van der Waals surface area contributed by atoms with Crippen LogP contribution in [0.3, 0.4) is 0 Å². The molecule has 0 aliphatic heterocycles. The first-order valence-corrected chi connectivity index (χ1v) is 8.35. The lowest BCUT2D eigenvalue weighted by atomic mass is 9.84. The number of nitrogens with one attached hydrogen (secondary N) is 2. The van der Waals surface area contributed by atoms with E-state index in [-0.39, 0.29) is 6.09 Å². The van der Waals surface area contributed by atoms with Gasteiger partial charge in [-0.2, -0.15) is 0 Å². The van der Waals surface area contributed by atoms with Crippen molar-refractivity contribution in [2.45, 2.75) is 64.5 Å². The number of alkyl carbamates (subject to hydrolysis) is 1. The third kappa shape index (κ3) is 8.27. The first-order valence-electron chi connectivity index (χ1n) is 8.35. The fourth-order valence-corrected chi connectivity index (χ4v) is 2.78. The van der Waals surface area contributed by atoms with E-state index in [0.29, 0.717) is 25.1 Å². The van der Waals surface area contributed by atoms with Crippen molar-refractivity contribution in [1.82, 2.24) is 10.6 Å². The van der Waals surface area contributed by atoms with E-state index >= 15 is 0 Å². The van der Waals surface area contributed by atoms with Gasteiger partial charge in [-0.15, -0.1) is 0 Å². The summed E-state index contributed by atoms with van der Waals surface area (Å²) in [6.07, 6.45) is 6.93. The molecule has 0 heterocycles. The number of hydrogen-bond donors (Lipinski definition) is 2. The van der Waals surface area contributed by atoms with Crippen LogP contribution in [0.1, 0.15) is 52.9 Å². The molecule has 128 valence electrons. The number of carbonyl (C=O) groups excluding carboxylic acids is 1. The molecule has 2 unspecified atom stereocenters. The summed E-state index contributed by atoms with van der Waals surface area (Å²) in [5, 5.41) is 6.51. The molecule has 5 heteroatoms. The Morgan fingerprint density at radius 1 is 1.32 bits per heavy atom. The minimum atomic E-state index is -0.445. The van der Waals surface area contributed by atoms with Crippen LogP contribution in [0.5, 0.6) is 0 Å². The maximum absolute atomic E-state index is 11.8. The second-order valence-electron chi connectivity index (χ2n) is 6.88. The maximum atomic E-state index is 11.8. The van der Waals surface area contributed by atoms with E-state index in [0.717, 1.165) is 19.4 Å². The molecule has 0 bridgehead atoms. The van der Waals surface area contributed by atoms with Gasteiger partial charge in [0.15, 0.2) is 0 Å². The van der Waals surface area contributed by atoms with Crippen LogP contribution in [-0.4, -0.2) is 37.4 Å². The molecule has 0 aromatic carbocycles. The van der Waals surface area contributed by atoms with Crippen LogP contribution >= 0.6 is 0 Å². The lowest BCUT2D eigenvalue weighted by Gasteiger charge is -2.32. The topological polar surface area (TPSA) is 59.6 Å². The van der Waals surface area contributed by atoms with E-state index in [1.807, 2.05) is 20.8 Å². The smallest absolute Gasteiger partial charge is 0.407 e. The lowest BCUT2D eigenvalue weighted by Crippen LogP contribution is -2.45. The van der Waals surface area contributed by atoms with Crippen LogP contribution in [-0.2, 0) is 9.47 Å². The minimum absolute atomic E-state index is 0.323. The van der Waals surface area contributed by atoms with Crippen molar-refractivity contribution in [1.29, 1.82) is 0 Å². The van der Waals surface area contributed by atoms with E-state index < -0.39 is 5.60 Å². The van der Waals surface area contributed by atoms with Crippen molar-refractivity contribution >= 4 is 6.09 Å². The van der Waals surface area contributed by atoms with Gasteiger partial charge in [-0.05, 0) is 52.5 Å². The highest BCUT2D eigenvalue weighted by Gasteiger charge is 2.25. The predicted molar refractivity (Wildman–Crippen MR) is 88.8 cm³/mol. The summed E-state index contributed by atoms with van der Waals surface area (Å²) in [4.78, 5) is 11.8. The molecule has 1 rings (SSSR count). The Labute approximate surface area is 134 Å². The zero-order valence-electron chi connectivity index (χ0n) is 14.3. The molecular weight excluding hydrogens is 280 g/mol. The summed E-state index contributed by atoms with van der Waals surface area (Å²) in [6, 6.07) is 0.465. The van der Waals surface area contributed by atoms with Gasteiger partial charge in [-0.25, -0.2) is 4.79 Å². The minimum Gasteiger partial charge on any atom is -0.502 e. The van der Waals surface area contributed by atoms with E-state index in [2.05, 4.69) is 17.2 Å². The van der Waals surface area contributed by atoms with Crippen LogP contribution in [0.15, 0.2) is 12.8 Å². The highest BCUT2D eigenvalue weighted by molar-refractivity contribution is 5.67. The summed E-state index contributed by atoms with van der Waals surface area (Å²) in [6.45, 7) is 11.5. The van der Waals surface area contributed by atoms with Crippen LogP contribution in [0.25, 0.3) is 0 Å². The molecule has 1 amide bonds. The monoisotopic (exact) mass is 312 g/mol. The maximum Gasteiger partial charge on any atom is 0.407 e. The molecule has 22 heavy (non-hydrogen) atoms. The summed E-state index contributed by atoms with van der Waals surface area (Å²) in [5.74, 6) is 0.474. The third-order valence-electron chi connectivity index (χ3n) is 3.78. The fraction of sp³-hybridized carbons (Fsp3) is 0.824. The SMILES string of the molecule is C=COCCCNC1CCCCC1CNC(=O)OC(C)(C)C. The number of rotatable bonds is 8. The Morgan fingerprint density at radius 2 is 2.05 bits per heavy atom. The molecule has 0 aromatic heterocycles.